The Morgan fingerprint density at radius 3 is 2.13 bits per heavy atom. The van der Waals surface area contributed by atoms with Gasteiger partial charge in [0.25, 0.3) is 10.0 Å². The van der Waals surface area contributed by atoms with E-state index in [1.807, 2.05) is 0 Å². The lowest BCUT2D eigenvalue weighted by Gasteiger charge is -2.37. The van der Waals surface area contributed by atoms with Crippen LogP contribution in [0.5, 0.6) is 0 Å². The third-order valence-electron chi connectivity index (χ3n) is 5.85. The zero-order valence-electron chi connectivity index (χ0n) is 21.2. The fourth-order valence-electron chi connectivity index (χ4n) is 4.13. The van der Waals surface area contributed by atoms with Crippen LogP contribution in [0.1, 0.15) is 20.8 Å². The Labute approximate surface area is 235 Å². The van der Waals surface area contributed by atoms with Crippen molar-refractivity contribution in [1.29, 1.82) is 0 Å². The number of fused-ring (bicyclic) bond motifs is 1. The first-order valence-corrected chi connectivity index (χ1v) is 15.5. The zero-order chi connectivity index (χ0) is 28.9. The number of hydrogen-bond acceptors (Lipinski definition) is 7. The number of nitrogens with zero attached hydrogens (tertiary/aromatic N) is 4. The summed E-state index contributed by atoms with van der Waals surface area (Å²) in [7, 11) is -7.99. The van der Waals surface area contributed by atoms with Gasteiger partial charge in [0.05, 0.1) is 28.5 Å². The van der Waals surface area contributed by atoms with Gasteiger partial charge in [0.2, 0.25) is 0 Å². The molecular weight excluding hydrogens is 587 g/mol. The summed E-state index contributed by atoms with van der Waals surface area (Å²) in [5, 5.41) is 10.8. The van der Waals surface area contributed by atoms with Gasteiger partial charge in [-0.2, -0.15) is 0 Å². The van der Waals surface area contributed by atoms with E-state index in [2.05, 4.69) is 9.97 Å². The van der Waals surface area contributed by atoms with E-state index < -0.39 is 37.3 Å². The van der Waals surface area contributed by atoms with E-state index in [1.54, 1.807) is 49.7 Å². The van der Waals surface area contributed by atoms with Crippen molar-refractivity contribution in [2.75, 3.05) is 10.6 Å². The summed E-state index contributed by atoms with van der Waals surface area (Å²) in [5.41, 5.74) is -0.304. The maximum Gasteiger partial charge on any atom is 0.328 e. The molecule has 0 bridgehead atoms. The molecule has 1 N–H and O–H groups in total. The monoisotopic (exact) mass is 610 g/mol. The first kappa shape index (κ1) is 28.8. The molecule has 1 unspecified atom stereocenters. The highest BCUT2D eigenvalue weighted by atomic mass is 35.5. The summed E-state index contributed by atoms with van der Waals surface area (Å²) in [5.74, 6) is -1.00. The van der Waals surface area contributed by atoms with Crippen molar-refractivity contribution in [2.24, 2.45) is 5.41 Å². The molecule has 0 fully saturated rings. The predicted molar refractivity (Wildman–Crippen MR) is 149 cm³/mol. The van der Waals surface area contributed by atoms with Gasteiger partial charge in [-0.15, -0.1) is 0 Å². The van der Waals surface area contributed by atoms with Gasteiger partial charge in [0.15, 0.2) is 20.7 Å². The van der Waals surface area contributed by atoms with E-state index in [9.17, 15) is 26.7 Å². The van der Waals surface area contributed by atoms with Crippen LogP contribution in [0.15, 0.2) is 71.0 Å². The Bertz CT molecular complexity index is 1780. The molecule has 0 spiro atoms. The van der Waals surface area contributed by atoms with E-state index in [0.717, 1.165) is 16.8 Å². The average molecular weight is 612 g/mol. The predicted octanol–water partition coefficient (Wildman–Crippen LogP) is 4.83. The van der Waals surface area contributed by atoms with Crippen LogP contribution in [0.2, 0.25) is 10.0 Å². The molecule has 0 saturated carbocycles. The fraction of sp³-hybridized carbons (Fsp3) is 0.240. The lowest BCUT2D eigenvalue weighted by molar-refractivity contribution is -0.140. The number of aromatic nitrogens is 3. The van der Waals surface area contributed by atoms with Gasteiger partial charge in [-0.05, 0) is 47.9 Å². The number of benzene rings is 2. The maximum atomic E-state index is 14.0. The van der Waals surface area contributed by atoms with Crippen LogP contribution in [-0.2, 0) is 24.7 Å². The van der Waals surface area contributed by atoms with Gasteiger partial charge in [-0.25, -0.2) is 31.6 Å². The highest BCUT2D eigenvalue weighted by Crippen LogP contribution is 2.37. The SMILES string of the molecule is CC(C)(C)C(C(=O)O)N(c1ccc2c(ccn2-c2cnc(S(C)(=O)=O)cn2)c1)S(=O)(=O)c1cc(Cl)cc(Cl)c1. The van der Waals surface area contributed by atoms with Crippen LogP contribution in [0, 0.1) is 5.41 Å². The molecule has 4 aromatic rings. The molecule has 0 saturated heterocycles. The number of sulfone groups is 1. The number of sulfonamides is 1. The number of hydrogen-bond donors (Lipinski definition) is 1. The third kappa shape index (κ3) is 5.74. The summed E-state index contributed by atoms with van der Waals surface area (Å²) in [4.78, 5) is 20.4. The first-order chi connectivity index (χ1) is 18.0. The minimum absolute atomic E-state index is 0.0826. The molecule has 0 radical (unpaired) electrons. The van der Waals surface area contributed by atoms with Crippen molar-refractivity contribution < 1.29 is 26.7 Å². The second-order valence-corrected chi connectivity index (χ2v) is 14.6. The molecule has 14 heteroatoms. The van der Waals surface area contributed by atoms with Gasteiger partial charge in [0.1, 0.15) is 6.04 Å². The summed E-state index contributed by atoms with van der Waals surface area (Å²) in [6.07, 6.45) is 5.15. The van der Waals surface area contributed by atoms with E-state index in [-0.39, 0.29) is 25.7 Å². The molecule has 0 aliphatic heterocycles. The first-order valence-electron chi connectivity index (χ1n) is 11.4. The van der Waals surface area contributed by atoms with E-state index in [1.165, 1.54) is 30.5 Å². The topological polar surface area (TPSA) is 140 Å². The van der Waals surface area contributed by atoms with Gasteiger partial charge in [0, 0.05) is 27.9 Å². The van der Waals surface area contributed by atoms with Crippen LogP contribution in [0.4, 0.5) is 5.69 Å². The lowest BCUT2D eigenvalue weighted by atomic mass is 9.86. The third-order valence-corrected chi connectivity index (χ3v) is 9.03. The van der Waals surface area contributed by atoms with Crippen molar-refractivity contribution in [3.63, 3.8) is 0 Å². The van der Waals surface area contributed by atoms with Crippen LogP contribution < -0.4 is 4.31 Å². The Hall–Kier alpha value is -3.19. The molecule has 10 nitrogen and oxygen atoms in total. The standard InChI is InChI=1S/C25H24Cl2N4O6S2/c1-25(2,3)23(24(32)33)31(39(36,37)19-11-16(26)10-17(27)12-19)18-5-6-20-15(9-18)7-8-30(20)21-13-29-22(14-28-21)38(4,34)35/h5-14,23H,1-4H3,(H,32,33). The molecule has 206 valence electrons. The minimum Gasteiger partial charge on any atom is -0.480 e. The van der Waals surface area contributed by atoms with E-state index in [0.29, 0.717) is 16.7 Å². The molecule has 2 aromatic heterocycles. The quantitative estimate of drug-likeness (QED) is 0.314. The molecule has 2 heterocycles. The average Bonchev–Trinajstić information content (AvgIpc) is 3.23. The maximum absolute atomic E-state index is 14.0. The van der Waals surface area contributed by atoms with Crippen molar-refractivity contribution in [3.8, 4) is 5.82 Å². The largest absolute Gasteiger partial charge is 0.480 e. The number of aliphatic carboxylic acids is 1. The van der Waals surface area contributed by atoms with Crippen LogP contribution >= 0.6 is 23.2 Å². The summed E-state index contributed by atoms with van der Waals surface area (Å²) < 4.78 is 53.9. The molecule has 0 aliphatic carbocycles. The number of halogens is 2. The number of anilines is 1. The molecular formula is C25H24Cl2N4O6S2. The zero-order valence-corrected chi connectivity index (χ0v) is 24.3. The Morgan fingerprint density at radius 2 is 1.62 bits per heavy atom. The van der Waals surface area contributed by atoms with Gasteiger partial charge in [-0.3, -0.25) is 8.87 Å². The second kappa shape index (κ2) is 10.1. The van der Waals surface area contributed by atoms with Crippen molar-refractivity contribution in [3.05, 3.63) is 71.1 Å². The molecule has 0 amide bonds. The smallest absolute Gasteiger partial charge is 0.328 e. The summed E-state index contributed by atoms with van der Waals surface area (Å²) in [6.45, 7) is 4.90. The Kier molecular flexibility index (Phi) is 7.45. The van der Waals surface area contributed by atoms with Crippen molar-refractivity contribution in [2.45, 2.75) is 36.7 Å². The van der Waals surface area contributed by atoms with Crippen LogP contribution in [-0.4, -0.2) is 54.7 Å². The molecule has 4 rings (SSSR count). The summed E-state index contributed by atoms with van der Waals surface area (Å²) in [6, 6.07) is 8.67. The number of carboxylic acid groups (broad SMARTS) is 1. The number of carboxylic acids is 1. The normalized spacial score (nSPS) is 13.4. The second-order valence-electron chi connectivity index (χ2n) is 9.93. The van der Waals surface area contributed by atoms with Gasteiger partial charge < -0.3 is 5.11 Å². The number of rotatable bonds is 7. The van der Waals surface area contributed by atoms with Crippen LogP contribution in [0.3, 0.4) is 0 Å². The lowest BCUT2D eigenvalue weighted by Crippen LogP contribution is -2.52. The van der Waals surface area contributed by atoms with Gasteiger partial charge >= 0.3 is 5.97 Å². The highest BCUT2D eigenvalue weighted by Gasteiger charge is 2.43. The Balaban J connectivity index is 1.89. The van der Waals surface area contributed by atoms with Gasteiger partial charge in [-0.1, -0.05) is 44.0 Å². The van der Waals surface area contributed by atoms with E-state index >= 15 is 0 Å². The summed E-state index contributed by atoms with van der Waals surface area (Å²) >= 11 is 12.2. The molecule has 1 atom stereocenters. The van der Waals surface area contributed by atoms with Crippen molar-refractivity contribution >= 4 is 65.6 Å². The minimum atomic E-state index is -4.46. The van der Waals surface area contributed by atoms with Crippen molar-refractivity contribution in [1.82, 2.24) is 14.5 Å². The fourth-order valence-corrected chi connectivity index (χ4v) is 7.13. The molecule has 0 aliphatic rings. The van der Waals surface area contributed by atoms with Crippen LogP contribution in [0.25, 0.3) is 16.7 Å². The van der Waals surface area contributed by atoms with E-state index in [4.69, 9.17) is 23.2 Å². The molecule has 39 heavy (non-hydrogen) atoms. The Morgan fingerprint density at radius 1 is 0.974 bits per heavy atom. The highest BCUT2D eigenvalue weighted by molar-refractivity contribution is 7.93. The molecule has 2 aromatic carbocycles. The number of carbonyl (C=O) groups is 1.